The maximum absolute atomic E-state index is 13.5. The third kappa shape index (κ3) is 5.96. The number of methoxy groups -OCH3 is 1. The number of hydrogen-bond acceptors (Lipinski definition) is 5. The van der Waals surface area contributed by atoms with E-state index in [9.17, 15) is 9.18 Å². The van der Waals surface area contributed by atoms with Crippen LogP contribution in [0.25, 0.3) is 11.4 Å². The first-order chi connectivity index (χ1) is 14.5. The van der Waals surface area contributed by atoms with E-state index in [0.29, 0.717) is 53.1 Å². The number of rotatable bonds is 9. The van der Waals surface area contributed by atoms with Crippen LogP contribution in [-0.2, 0) is 4.74 Å². The van der Waals surface area contributed by atoms with Crippen LogP contribution in [0.15, 0.2) is 60.4 Å². The van der Waals surface area contributed by atoms with Gasteiger partial charge in [-0.1, -0.05) is 6.08 Å². The van der Waals surface area contributed by atoms with Gasteiger partial charge in [0.05, 0.1) is 24.2 Å². The fourth-order valence-electron chi connectivity index (χ4n) is 2.63. The van der Waals surface area contributed by atoms with Gasteiger partial charge >= 0.3 is 0 Å². The Morgan fingerprint density at radius 3 is 2.77 bits per heavy atom. The van der Waals surface area contributed by atoms with Gasteiger partial charge in [0.1, 0.15) is 0 Å². The first-order valence-corrected chi connectivity index (χ1v) is 9.38. The molecule has 0 aromatic carbocycles. The Hall–Kier alpha value is -3.57. The van der Waals surface area contributed by atoms with Gasteiger partial charge in [-0.3, -0.25) is 4.79 Å². The molecule has 30 heavy (non-hydrogen) atoms. The zero-order valence-electron chi connectivity index (χ0n) is 17.2. The average molecular weight is 409 g/mol. The Morgan fingerprint density at radius 1 is 1.37 bits per heavy atom. The Morgan fingerprint density at radius 2 is 2.17 bits per heavy atom. The van der Waals surface area contributed by atoms with Crippen molar-refractivity contribution in [2.24, 2.45) is 0 Å². The van der Waals surface area contributed by atoms with Gasteiger partial charge in [-0.2, -0.15) is 10.4 Å². The lowest BCUT2D eigenvalue weighted by Gasteiger charge is -2.06. The molecule has 2 rings (SSSR count). The first kappa shape index (κ1) is 22.7. The molecule has 1 N–H and O–H groups in total. The summed E-state index contributed by atoms with van der Waals surface area (Å²) in [5.41, 5.74) is 2.34. The molecule has 0 unspecified atom stereocenters. The van der Waals surface area contributed by atoms with Crippen LogP contribution in [0.5, 0.6) is 0 Å². The highest BCUT2D eigenvalue weighted by molar-refractivity contribution is 5.93. The van der Waals surface area contributed by atoms with E-state index in [1.54, 1.807) is 51.4 Å². The molecule has 0 aliphatic rings. The second kappa shape index (κ2) is 11.4. The van der Waals surface area contributed by atoms with Crippen LogP contribution in [0.3, 0.4) is 0 Å². The number of carbonyl (C=O) groups excluding carboxylic acids is 1. The number of nitrogens with one attached hydrogen (secondary N) is 1. The van der Waals surface area contributed by atoms with Crippen molar-refractivity contribution >= 4 is 11.5 Å². The smallest absolute Gasteiger partial charge is 0.252 e. The summed E-state index contributed by atoms with van der Waals surface area (Å²) in [5.74, 6) is 0.273. The maximum atomic E-state index is 13.5. The molecular weight excluding hydrogens is 385 g/mol. The molecule has 2 heterocycles. The van der Waals surface area contributed by atoms with Crippen LogP contribution in [0, 0.1) is 11.3 Å². The summed E-state index contributed by atoms with van der Waals surface area (Å²) in [6.07, 6.45) is 9.10. The molecule has 0 aliphatic heterocycles. The van der Waals surface area contributed by atoms with Crippen LogP contribution in [0.4, 0.5) is 4.39 Å². The largest absolute Gasteiger partial charge is 0.385 e. The van der Waals surface area contributed by atoms with Crippen LogP contribution >= 0.6 is 0 Å². The van der Waals surface area contributed by atoms with Crippen LogP contribution in [-0.4, -0.2) is 40.9 Å². The second-order valence-electron chi connectivity index (χ2n) is 6.39. The number of allylic oxidation sites excluding steroid dienone is 5. The Labute approximate surface area is 175 Å². The average Bonchev–Trinajstić information content (AvgIpc) is 3.25. The molecule has 0 bridgehead atoms. The summed E-state index contributed by atoms with van der Waals surface area (Å²) < 4.78 is 20.0. The fraction of sp³-hybridized carbons (Fsp3) is 0.273. The lowest BCUT2D eigenvalue weighted by atomic mass is 10.0. The lowest BCUT2D eigenvalue weighted by Crippen LogP contribution is -2.25. The SMILES string of the molecule is C\C=C(C#N)/C=C(C)\C(=C\F)c1cnn(-c2ccc(C(=O)NCCCOC)cn2)c1. The van der Waals surface area contributed by atoms with Crippen molar-refractivity contribution in [3.05, 3.63) is 71.5 Å². The van der Waals surface area contributed by atoms with Gasteiger partial charge in [0.15, 0.2) is 5.82 Å². The zero-order valence-corrected chi connectivity index (χ0v) is 17.2. The van der Waals surface area contributed by atoms with Crippen molar-refractivity contribution in [2.75, 3.05) is 20.3 Å². The quantitative estimate of drug-likeness (QED) is 0.387. The molecule has 156 valence electrons. The molecular formula is C22H24FN5O2. The molecule has 1 amide bonds. The van der Waals surface area contributed by atoms with Crippen molar-refractivity contribution in [3.63, 3.8) is 0 Å². The van der Waals surface area contributed by atoms with Crippen LogP contribution in [0.1, 0.15) is 36.2 Å². The van der Waals surface area contributed by atoms with Gasteiger partial charge in [0.2, 0.25) is 0 Å². The molecule has 0 fully saturated rings. The Bertz CT molecular complexity index is 997. The van der Waals surface area contributed by atoms with Gasteiger partial charge in [-0.05, 0) is 44.1 Å². The van der Waals surface area contributed by atoms with Crippen molar-refractivity contribution < 1.29 is 13.9 Å². The van der Waals surface area contributed by atoms with Gasteiger partial charge in [0, 0.05) is 49.4 Å². The number of halogens is 1. The molecule has 2 aromatic rings. The van der Waals surface area contributed by atoms with E-state index in [2.05, 4.69) is 15.4 Å². The van der Waals surface area contributed by atoms with Gasteiger partial charge in [-0.15, -0.1) is 0 Å². The van der Waals surface area contributed by atoms with Crippen molar-refractivity contribution in [1.29, 1.82) is 5.26 Å². The standard InChI is InChI=1S/C22H24FN5O2/c1-4-17(12-24)10-16(2)20(11-23)19-14-27-28(15-19)21-7-6-18(13-26-21)22(29)25-8-5-9-30-3/h4,6-7,10-11,13-15H,5,8-9H2,1-3H3,(H,25,29)/b16-10-,17-4+,20-11-. The van der Waals surface area contributed by atoms with Crippen molar-refractivity contribution in [2.45, 2.75) is 20.3 Å². The molecule has 0 saturated heterocycles. The number of ether oxygens (including phenoxy) is 1. The summed E-state index contributed by atoms with van der Waals surface area (Å²) in [7, 11) is 1.61. The summed E-state index contributed by atoms with van der Waals surface area (Å²) in [6, 6.07) is 5.36. The van der Waals surface area contributed by atoms with Gasteiger partial charge in [-0.25, -0.2) is 14.1 Å². The predicted molar refractivity (Wildman–Crippen MR) is 112 cm³/mol. The first-order valence-electron chi connectivity index (χ1n) is 9.38. The minimum atomic E-state index is -0.216. The molecule has 0 radical (unpaired) electrons. The predicted octanol–water partition coefficient (Wildman–Crippen LogP) is 3.76. The number of amides is 1. The Kier molecular flexibility index (Phi) is 8.66. The number of carbonyl (C=O) groups is 1. The lowest BCUT2D eigenvalue weighted by molar-refractivity contribution is 0.0948. The summed E-state index contributed by atoms with van der Waals surface area (Å²) in [6.45, 7) is 4.56. The maximum Gasteiger partial charge on any atom is 0.252 e. The number of hydrogen-bond donors (Lipinski definition) is 1. The summed E-state index contributed by atoms with van der Waals surface area (Å²) in [4.78, 5) is 16.4. The van der Waals surface area contributed by atoms with Gasteiger partial charge < -0.3 is 10.1 Å². The monoisotopic (exact) mass is 409 g/mol. The van der Waals surface area contributed by atoms with E-state index in [1.807, 2.05) is 6.07 Å². The van der Waals surface area contributed by atoms with Gasteiger partial charge in [0.25, 0.3) is 5.91 Å². The highest BCUT2D eigenvalue weighted by Crippen LogP contribution is 2.24. The minimum absolute atomic E-state index is 0.216. The second-order valence-corrected chi connectivity index (χ2v) is 6.39. The van der Waals surface area contributed by atoms with E-state index in [1.165, 1.54) is 17.1 Å². The minimum Gasteiger partial charge on any atom is -0.385 e. The third-order valence-electron chi connectivity index (χ3n) is 4.30. The number of nitriles is 1. The van der Waals surface area contributed by atoms with E-state index in [-0.39, 0.29) is 5.91 Å². The molecule has 0 saturated carbocycles. The molecule has 0 aliphatic carbocycles. The number of aromatic nitrogens is 3. The molecule has 2 aromatic heterocycles. The number of nitrogens with zero attached hydrogens (tertiary/aromatic N) is 4. The molecule has 0 atom stereocenters. The van der Waals surface area contributed by atoms with E-state index < -0.39 is 0 Å². The van der Waals surface area contributed by atoms with Crippen molar-refractivity contribution in [3.8, 4) is 11.9 Å². The topological polar surface area (TPSA) is 92.8 Å². The highest BCUT2D eigenvalue weighted by atomic mass is 19.1. The molecule has 8 heteroatoms. The van der Waals surface area contributed by atoms with Crippen molar-refractivity contribution in [1.82, 2.24) is 20.1 Å². The molecule has 7 nitrogen and oxygen atoms in total. The highest BCUT2D eigenvalue weighted by Gasteiger charge is 2.11. The normalized spacial score (nSPS) is 12.6. The van der Waals surface area contributed by atoms with Crippen LogP contribution in [0.2, 0.25) is 0 Å². The fourth-order valence-corrected chi connectivity index (χ4v) is 2.63. The van der Waals surface area contributed by atoms with E-state index in [4.69, 9.17) is 10.00 Å². The summed E-state index contributed by atoms with van der Waals surface area (Å²) in [5, 5.41) is 16.1. The van der Waals surface area contributed by atoms with E-state index >= 15 is 0 Å². The van der Waals surface area contributed by atoms with Crippen LogP contribution < -0.4 is 5.32 Å². The summed E-state index contributed by atoms with van der Waals surface area (Å²) >= 11 is 0. The third-order valence-corrected chi connectivity index (χ3v) is 4.30. The zero-order chi connectivity index (χ0) is 21.9. The van der Waals surface area contributed by atoms with E-state index in [0.717, 1.165) is 6.42 Å². The number of pyridine rings is 1. The Balaban J connectivity index is 2.14. The molecule has 0 spiro atoms.